The van der Waals surface area contributed by atoms with Crippen molar-refractivity contribution < 1.29 is 35.5 Å². The van der Waals surface area contributed by atoms with Crippen LogP contribution in [0.4, 0.5) is 11.4 Å². The molecule has 1 heterocycles. The van der Waals surface area contributed by atoms with Crippen LogP contribution < -0.4 is 15.6 Å². The molecule has 13 heteroatoms. The number of ketones is 1. The van der Waals surface area contributed by atoms with Crippen molar-refractivity contribution in [3.63, 3.8) is 0 Å². The van der Waals surface area contributed by atoms with Crippen LogP contribution in [-0.4, -0.2) is 36.3 Å². The Balaban J connectivity index is 1.69. The van der Waals surface area contributed by atoms with Gasteiger partial charge in [0.15, 0.2) is 11.5 Å². The van der Waals surface area contributed by atoms with E-state index in [2.05, 4.69) is 5.32 Å². The first-order chi connectivity index (χ1) is 20.6. The number of hydrogen-bond donors (Lipinski definition) is 3. The second-order valence-corrected chi connectivity index (χ2v) is 13.2. The van der Waals surface area contributed by atoms with E-state index in [1.165, 1.54) is 54.9 Å². The number of anilines is 2. The minimum Gasteiger partial charge on any atom is -0.455 e. The zero-order valence-electron chi connectivity index (χ0n) is 23.4. The van der Waals surface area contributed by atoms with Gasteiger partial charge in [0.2, 0.25) is 0 Å². The van der Waals surface area contributed by atoms with Gasteiger partial charge in [0.1, 0.15) is 15.5 Å². The van der Waals surface area contributed by atoms with Crippen molar-refractivity contribution in [1.82, 2.24) is 4.57 Å². The van der Waals surface area contributed by atoms with Crippen molar-refractivity contribution in [2.75, 3.05) is 5.32 Å². The van der Waals surface area contributed by atoms with Crippen molar-refractivity contribution in [1.29, 1.82) is 0 Å². The Morgan fingerprint density at radius 2 is 1.43 bits per heavy atom. The maximum Gasteiger partial charge on any atom is 0.296 e. The lowest BCUT2D eigenvalue weighted by Crippen LogP contribution is -2.21. The molecule has 0 saturated carbocycles. The lowest BCUT2D eigenvalue weighted by molar-refractivity contribution is 0.104. The van der Waals surface area contributed by atoms with Crippen LogP contribution in [0.1, 0.15) is 27.0 Å². The summed E-state index contributed by atoms with van der Waals surface area (Å²) in [6.07, 6.45) is 0. The lowest BCUT2D eigenvalue weighted by atomic mass is 9.83. The molecule has 0 spiro atoms. The Kier molecular flexibility index (Phi) is 6.74. The Bertz CT molecular complexity index is 2360. The number of ether oxygens (including phenoxy) is 1. The first-order valence-electron chi connectivity index (χ1n) is 13.1. The quantitative estimate of drug-likeness (QED) is 0.202. The summed E-state index contributed by atoms with van der Waals surface area (Å²) in [6, 6.07) is 17.9. The van der Waals surface area contributed by atoms with E-state index >= 15 is 0 Å². The Hall–Kier alpha value is -4.82. The number of aromatic nitrogens is 1. The van der Waals surface area contributed by atoms with Gasteiger partial charge in [0, 0.05) is 36.2 Å². The normalized spacial score (nSPS) is 12.7. The molecule has 0 aliphatic heterocycles. The second kappa shape index (κ2) is 10.1. The van der Waals surface area contributed by atoms with E-state index < -0.39 is 36.5 Å². The van der Waals surface area contributed by atoms with Crippen molar-refractivity contribution in [2.45, 2.75) is 23.6 Å². The highest BCUT2D eigenvalue weighted by Gasteiger charge is 2.32. The Morgan fingerprint density at radius 1 is 0.750 bits per heavy atom. The molecule has 44 heavy (non-hydrogen) atoms. The van der Waals surface area contributed by atoms with Crippen LogP contribution in [-0.2, 0) is 27.3 Å². The Morgan fingerprint density at radius 3 is 2.11 bits per heavy atom. The van der Waals surface area contributed by atoms with E-state index in [0.29, 0.717) is 27.6 Å². The fraction of sp³-hybridized carbons (Fsp3) is 0.0968. The number of pyridine rings is 1. The summed E-state index contributed by atoms with van der Waals surface area (Å²) in [5.41, 5.74) is 2.09. The minimum absolute atomic E-state index is 0.00109. The molecule has 1 aliphatic carbocycles. The number of carbonyl (C=O) groups excluding carboxylic acids is 1. The topological polar surface area (TPSA) is 169 Å². The molecular formula is C31H24N2O9S2. The van der Waals surface area contributed by atoms with Crippen LogP contribution in [0.3, 0.4) is 0 Å². The molecule has 0 radical (unpaired) electrons. The van der Waals surface area contributed by atoms with Crippen LogP contribution in [0.15, 0.2) is 87.4 Å². The van der Waals surface area contributed by atoms with Gasteiger partial charge in [-0.1, -0.05) is 36.4 Å². The van der Waals surface area contributed by atoms with Gasteiger partial charge in [0.05, 0.1) is 22.5 Å². The number of aryl methyl sites for hydroxylation is 3. The fourth-order valence-corrected chi connectivity index (χ4v) is 6.93. The summed E-state index contributed by atoms with van der Waals surface area (Å²) in [6.45, 7) is 3.15. The zero-order valence-corrected chi connectivity index (χ0v) is 25.1. The molecule has 4 aromatic carbocycles. The standard InChI is InChI=1S/C31H24N2O9S2/c1-16-8-11-22(26(12-16)44(39,40)41)32-23-15-24(42-18-10-9-17(2)25(13-18)43(36,37)38)30-28-21(14-27(34)33(30)3)19-6-4-5-7-20(19)31(35)29(23)28/h4-15,32H,1-3H3,(H,36,37,38)(H,39,40,41). The van der Waals surface area contributed by atoms with Gasteiger partial charge < -0.3 is 14.6 Å². The first kappa shape index (κ1) is 29.3. The summed E-state index contributed by atoms with van der Waals surface area (Å²) in [5.74, 6) is -0.389. The molecule has 3 N–H and O–H groups in total. The van der Waals surface area contributed by atoms with Crippen LogP contribution in [0.5, 0.6) is 11.5 Å². The molecule has 6 rings (SSSR count). The molecule has 0 bridgehead atoms. The molecule has 11 nitrogen and oxygen atoms in total. The van der Waals surface area contributed by atoms with E-state index in [-0.39, 0.29) is 44.4 Å². The molecule has 1 aromatic heterocycles. The van der Waals surface area contributed by atoms with Crippen LogP contribution in [0, 0.1) is 13.8 Å². The zero-order chi connectivity index (χ0) is 31.7. The highest BCUT2D eigenvalue weighted by Crippen LogP contribution is 2.46. The first-order valence-corrected chi connectivity index (χ1v) is 16.0. The molecule has 224 valence electrons. The SMILES string of the molecule is Cc1ccc(Nc2cc(Oc3ccc(C)c(S(=O)(=O)O)c3)c3c4c(cc(=O)n3C)-c3ccccc3C(=O)c24)c(S(=O)(=O)O)c1. The van der Waals surface area contributed by atoms with E-state index in [1.807, 2.05) is 0 Å². The number of rotatable bonds is 6. The molecular weight excluding hydrogens is 608 g/mol. The van der Waals surface area contributed by atoms with Crippen molar-refractivity contribution in [3.8, 4) is 22.6 Å². The van der Waals surface area contributed by atoms with Crippen molar-refractivity contribution in [2.24, 2.45) is 7.05 Å². The smallest absolute Gasteiger partial charge is 0.296 e. The predicted molar refractivity (Wildman–Crippen MR) is 163 cm³/mol. The average Bonchev–Trinajstić information content (AvgIpc) is 2.95. The number of benzene rings is 4. The second-order valence-electron chi connectivity index (χ2n) is 10.5. The summed E-state index contributed by atoms with van der Waals surface area (Å²) >= 11 is 0. The number of nitrogens with one attached hydrogen (secondary N) is 1. The average molecular weight is 633 g/mol. The molecule has 0 saturated heterocycles. The number of carbonyl (C=O) groups is 1. The summed E-state index contributed by atoms with van der Waals surface area (Å²) < 4.78 is 75.7. The van der Waals surface area contributed by atoms with Gasteiger partial charge in [-0.05, 0) is 54.3 Å². The maximum absolute atomic E-state index is 14.1. The monoisotopic (exact) mass is 632 g/mol. The molecule has 0 fully saturated rings. The van der Waals surface area contributed by atoms with Crippen molar-refractivity contribution >= 4 is 48.3 Å². The molecule has 5 aromatic rings. The molecule has 1 aliphatic rings. The van der Waals surface area contributed by atoms with Gasteiger partial charge in [-0.25, -0.2) is 0 Å². The summed E-state index contributed by atoms with van der Waals surface area (Å²) in [7, 11) is -7.80. The van der Waals surface area contributed by atoms with Crippen LogP contribution in [0.2, 0.25) is 0 Å². The number of fused-ring (bicyclic) bond motifs is 2. The summed E-state index contributed by atoms with van der Waals surface area (Å²) in [4.78, 5) is 26.5. The third-order valence-electron chi connectivity index (χ3n) is 7.51. The summed E-state index contributed by atoms with van der Waals surface area (Å²) in [5, 5.41) is 3.31. The number of nitrogens with zero attached hydrogens (tertiary/aromatic N) is 1. The molecule has 0 amide bonds. The maximum atomic E-state index is 14.1. The van der Waals surface area contributed by atoms with E-state index in [4.69, 9.17) is 4.74 Å². The van der Waals surface area contributed by atoms with Gasteiger partial charge in [-0.2, -0.15) is 16.8 Å². The largest absolute Gasteiger partial charge is 0.455 e. The third-order valence-corrected chi connectivity index (χ3v) is 9.40. The van der Waals surface area contributed by atoms with Gasteiger partial charge in [-0.15, -0.1) is 0 Å². The number of hydrogen-bond acceptors (Lipinski definition) is 8. The van der Waals surface area contributed by atoms with E-state index in [9.17, 15) is 35.5 Å². The van der Waals surface area contributed by atoms with Gasteiger partial charge in [0.25, 0.3) is 25.8 Å². The fourth-order valence-electron chi connectivity index (χ4n) is 5.46. The third kappa shape index (κ3) is 4.85. The van der Waals surface area contributed by atoms with Gasteiger partial charge >= 0.3 is 0 Å². The Labute approximate surface area is 251 Å². The lowest BCUT2D eigenvalue weighted by Gasteiger charge is -2.25. The van der Waals surface area contributed by atoms with Crippen LogP contribution in [0.25, 0.3) is 22.0 Å². The van der Waals surface area contributed by atoms with Gasteiger partial charge in [-0.3, -0.25) is 18.7 Å². The molecule has 0 atom stereocenters. The molecule has 0 unspecified atom stereocenters. The van der Waals surface area contributed by atoms with Crippen molar-refractivity contribution in [3.05, 3.63) is 105 Å². The minimum atomic E-state index is -4.69. The van der Waals surface area contributed by atoms with E-state index in [0.717, 1.165) is 6.07 Å². The highest BCUT2D eigenvalue weighted by atomic mass is 32.2. The predicted octanol–water partition coefficient (Wildman–Crippen LogP) is 5.40. The highest BCUT2D eigenvalue weighted by molar-refractivity contribution is 7.86. The van der Waals surface area contributed by atoms with E-state index in [1.54, 1.807) is 37.3 Å². The van der Waals surface area contributed by atoms with Crippen LogP contribution >= 0.6 is 0 Å².